The van der Waals surface area contributed by atoms with Crippen LogP contribution in [0.4, 0.5) is 0 Å². The van der Waals surface area contributed by atoms with Crippen LogP contribution in [0.3, 0.4) is 0 Å². The summed E-state index contributed by atoms with van der Waals surface area (Å²) in [5.41, 5.74) is 7.11. The highest BCUT2D eigenvalue weighted by atomic mass is 32.2. The van der Waals surface area contributed by atoms with Gasteiger partial charge in [0, 0.05) is 17.4 Å². The number of hydrogen-bond donors (Lipinski definition) is 0. The molecule has 4 aromatic rings. The van der Waals surface area contributed by atoms with E-state index in [0.29, 0.717) is 4.90 Å². The first kappa shape index (κ1) is 19.2. The molecule has 0 aliphatic carbocycles. The van der Waals surface area contributed by atoms with Crippen LogP contribution in [-0.4, -0.2) is 24.5 Å². The van der Waals surface area contributed by atoms with Crippen molar-refractivity contribution >= 4 is 9.84 Å². The predicted octanol–water partition coefficient (Wildman–Crippen LogP) is 5.23. The molecular formula is C24H22N2O2S. The maximum absolute atomic E-state index is 11.8. The van der Waals surface area contributed by atoms with E-state index < -0.39 is 9.84 Å². The van der Waals surface area contributed by atoms with Crippen LogP contribution < -0.4 is 0 Å². The van der Waals surface area contributed by atoms with Gasteiger partial charge in [-0.25, -0.2) is 13.1 Å². The van der Waals surface area contributed by atoms with Crippen LogP contribution in [0.2, 0.25) is 0 Å². The zero-order valence-electron chi connectivity index (χ0n) is 16.6. The van der Waals surface area contributed by atoms with E-state index in [2.05, 4.69) is 68.4 Å². The van der Waals surface area contributed by atoms with Crippen molar-refractivity contribution in [1.82, 2.24) is 9.78 Å². The van der Waals surface area contributed by atoms with Gasteiger partial charge in [0.15, 0.2) is 9.84 Å². The Hall–Kier alpha value is -3.18. The van der Waals surface area contributed by atoms with Crippen LogP contribution in [0.5, 0.6) is 0 Å². The molecule has 29 heavy (non-hydrogen) atoms. The summed E-state index contributed by atoms with van der Waals surface area (Å²) in [5, 5.41) is 4.84. The Balaban J connectivity index is 1.86. The van der Waals surface area contributed by atoms with Crippen molar-refractivity contribution in [3.05, 3.63) is 90.0 Å². The highest BCUT2D eigenvalue weighted by Crippen LogP contribution is 2.29. The van der Waals surface area contributed by atoms with Crippen molar-refractivity contribution in [3.8, 4) is 28.2 Å². The van der Waals surface area contributed by atoms with E-state index in [1.54, 1.807) is 24.3 Å². The van der Waals surface area contributed by atoms with Crippen molar-refractivity contribution in [2.75, 3.05) is 6.26 Å². The van der Waals surface area contributed by atoms with Gasteiger partial charge in [-0.3, -0.25) is 0 Å². The van der Waals surface area contributed by atoms with Gasteiger partial charge in [-0.2, -0.15) is 5.10 Å². The van der Waals surface area contributed by atoms with Gasteiger partial charge in [-0.05, 0) is 44.2 Å². The molecule has 1 aromatic heterocycles. The molecule has 3 aromatic carbocycles. The monoisotopic (exact) mass is 402 g/mol. The van der Waals surface area contributed by atoms with Crippen molar-refractivity contribution < 1.29 is 8.42 Å². The molecule has 0 unspecified atom stereocenters. The summed E-state index contributed by atoms with van der Waals surface area (Å²) in [5.74, 6) is 0. The van der Waals surface area contributed by atoms with Crippen LogP contribution in [0.15, 0.2) is 83.8 Å². The first-order chi connectivity index (χ1) is 13.8. The standard InChI is InChI=1S/C24H22N2O2S/c1-17-4-8-19(9-5-17)23-16-24(20-10-6-18(2)7-11-20)26(25-23)21-12-14-22(15-13-21)29(3,27)28/h4-16H,1-3H3. The zero-order valence-corrected chi connectivity index (χ0v) is 17.4. The molecule has 0 saturated heterocycles. The van der Waals surface area contributed by atoms with Crippen LogP contribution in [0, 0.1) is 13.8 Å². The fraction of sp³-hybridized carbons (Fsp3) is 0.125. The second-order valence-electron chi connectivity index (χ2n) is 7.32. The van der Waals surface area contributed by atoms with Crippen molar-refractivity contribution in [1.29, 1.82) is 0 Å². The summed E-state index contributed by atoms with van der Waals surface area (Å²) in [6.07, 6.45) is 1.21. The molecule has 0 N–H and O–H groups in total. The lowest BCUT2D eigenvalue weighted by Gasteiger charge is -2.09. The summed E-state index contributed by atoms with van der Waals surface area (Å²) in [6.45, 7) is 4.12. The number of aromatic nitrogens is 2. The molecule has 5 heteroatoms. The Morgan fingerprint density at radius 3 is 1.76 bits per heavy atom. The van der Waals surface area contributed by atoms with Crippen LogP contribution >= 0.6 is 0 Å². The number of nitrogens with zero attached hydrogens (tertiary/aromatic N) is 2. The van der Waals surface area contributed by atoms with Gasteiger partial charge in [0.2, 0.25) is 0 Å². The van der Waals surface area contributed by atoms with Gasteiger partial charge < -0.3 is 0 Å². The van der Waals surface area contributed by atoms with Crippen molar-refractivity contribution in [2.24, 2.45) is 0 Å². The van der Waals surface area contributed by atoms with Gasteiger partial charge in [0.05, 0.1) is 22.0 Å². The molecule has 0 aliphatic rings. The van der Waals surface area contributed by atoms with Gasteiger partial charge in [0.25, 0.3) is 0 Å². The van der Waals surface area contributed by atoms with E-state index in [4.69, 9.17) is 5.10 Å². The molecule has 0 spiro atoms. The highest BCUT2D eigenvalue weighted by molar-refractivity contribution is 7.90. The molecule has 4 rings (SSSR count). The van der Waals surface area contributed by atoms with Crippen LogP contribution in [0.1, 0.15) is 11.1 Å². The minimum absolute atomic E-state index is 0.295. The molecule has 0 radical (unpaired) electrons. The van der Waals surface area contributed by atoms with Crippen LogP contribution in [-0.2, 0) is 9.84 Å². The van der Waals surface area contributed by atoms with Gasteiger partial charge in [0.1, 0.15) is 0 Å². The molecule has 4 nitrogen and oxygen atoms in total. The summed E-state index contributed by atoms with van der Waals surface area (Å²) in [7, 11) is -3.24. The third-order valence-electron chi connectivity index (χ3n) is 4.91. The molecule has 1 heterocycles. The van der Waals surface area contributed by atoms with Gasteiger partial charge in [-0.1, -0.05) is 59.7 Å². The topological polar surface area (TPSA) is 52.0 Å². The smallest absolute Gasteiger partial charge is 0.175 e. The lowest BCUT2D eigenvalue weighted by molar-refractivity contribution is 0.602. The minimum Gasteiger partial charge on any atom is -0.232 e. The fourth-order valence-corrected chi connectivity index (χ4v) is 3.84. The molecule has 0 aliphatic heterocycles. The highest BCUT2D eigenvalue weighted by Gasteiger charge is 2.14. The lowest BCUT2D eigenvalue weighted by atomic mass is 10.1. The normalized spacial score (nSPS) is 11.6. The summed E-state index contributed by atoms with van der Waals surface area (Å²) < 4.78 is 25.5. The van der Waals surface area contributed by atoms with E-state index in [1.165, 1.54) is 17.4 Å². The first-order valence-corrected chi connectivity index (χ1v) is 11.2. The molecular weight excluding hydrogens is 380 g/mol. The third-order valence-corrected chi connectivity index (χ3v) is 6.04. The molecule has 0 atom stereocenters. The number of hydrogen-bond acceptors (Lipinski definition) is 3. The summed E-state index contributed by atoms with van der Waals surface area (Å²) in [4.78, 5) is 0.295. The molecule has 146 valence electrons. The Bertz CT molecular complexity index is 1250. The Morgan fingerprint density at radius 2 is 1.24 bits per heavy atom. The number of benzene rings is 3. The van der Waals surface area contributed by atoms with Gasteiger partial charge in [-0.15, -0.1) is 0 Å². The SMILES string of the molecule is Cc1ccc(-c2cc(-c3ccc(C)cc3)n(-c3ccc(S(C)(=O)=O)cc3)n2)cc1. The quantitative estimate of drug-likeness (QED) is 0.470. The zero-order chi connectivity index (χ0) is 20.6. The second kappa shape index (κ2) is 7.33. The molecule has 0 saturated carbocycles. The van der Waals surface area contributed by atoms with E-state index in [0.717, 1.165) is 28.2 Å². The number of rotatable bonds is 4. The largest absolute Gasteiger partial charge is 0.232 e. The van der Waals surface area contributed by atoms with Gasteiger partial charge >= 0.3 is 0 Å². The minimum atomic E-state index is -3.24. The van der Waals surface area contributed by atoms with E-state index in [1.807, 2.05) is 4.68 Å². The lowest BCUT2D eigenvalue weighted by Crippen LogP contribution is -2.01. The Kier molecular flexibility index (Phi) is 4.84. The van der Waals surface area contributed by atoms with E-state index in [9.17, 15) is 8.42 Å². The summed E-state index contributed by atoms with van der Waals surface area (Å²) >= 11 is 0. The third kappa shape index (κ3) is 4.00. The Morgan fingerprint density at radius 1 is 0.724 bits per heavy atom. The average Bonchev–Trinajstić information content (AvgIpc) is 3.14. The van der Waals surface area contributed by atoms with E-state index in [-0.39, 0.29) is 0 Å². The molecule has 0 amide bonds. The maximum atomic E-state index is 11.8. The number of sulfone groups is 1. The molecule has 0 fully saturated rings. The van der Waals surface area contributed by atoms with Crippen LogP contribution in [0.25, 0.3) is 28.2 Å². The Labute approximate surface area is 171 Å². The maximum Gasteiger partial charge on any atom is 0.175 e. The summed E-state index contributed by atoms with van der Waals surface area (Å²) in [6, 6.07) is 25.5. The van der Waals surface area contributed by atoms with Crippen molar-refractivity contribution in [2.45, 2.75) is 18.7 Å². The predicted molar refractivity (Wildman–Crippen MR) is 117 cm³/mol. The van der Waals surface area contributed by atoms with Crippen molar-refractivity contribution in [3.63, 3.8) is 0 Å². The number of aryl methyl sites for hydroxylation is 2. The second-order valence-corrected chi connectivity index (χ2v) is 9.34. The fourth-order valence-electron chi connectivity index (χ4n) is 3.21. The first-order valence-electron chi connectivity index (χ1n) is 9.36. The average molecular weight is 403 g/mol. The van der Waals surface area contributed by atoms with E-state index >= 15 is 0 Å². The molecule has 0 bridgehead atoms.